The fraction of sp³-hybridized carbons (Fsp3) is 0.846. The predicted octanol–water partition coefficient (Wildman–Crippen LogP) is -0.597. The second-order valence-corrected chi connectivity index (χ2v) is 4.51. The molecule has 1 fully saturated rings. The molecular weight excluding hydrogens is 264 g/mol. The Kier molecular flexibility index (Phi) is 8.17. The van der Waals surface area contributed by atoms with Crippen LogP contribution in [0.2, 0.25) is 0 Å². The van der Waals surface area contributed by atoms with Crippen molar-refractivity contribution < 1.29 is 23.8 Å². The van der Waals surface area contributed by atoms with Gasteiger partial charge in [0.05, 0.1) is 26.4 Å². The third-order valence-corrected chi connectivity index (χ3v) is 2.96. The van der Waals surface area contributed by atoms with Gasteiger partial charge in [-0.2, -0.15) is 0 Å². The lowest BCUT2D eigenvalue weighted by molar-refractivity contribution is -0.152. The van der Waals surface area contributed by atoms with Gasteiger partial charge in [0.1, 0.15) is 12.6 Å². The highest BCUT2D eigenvalue weighted by molar-refractivity contribution is 5.88. The van der Waals surface area contributed by atoms with Crippen LogP contribution in [0.3, 0.4) is 0 Å². The Morgan fingerprint density at radius 2 is 2.20 bits per heavy atom. The number of carbonyl (C=O) groups excluding carboxylic acids is 2. The highest BCUT2D eigenvalue weighted by Crippen LogP contribution is 2.08. The molecule has 0 aromatic carbocycles. The molecule has 1 atom stereocenters. The molecule has 116 valence electrons. The normalized spacial score (nSPS) is 18.9. The standard InChI is InChI=1S/C13H24N2O5/c1-3-4-14-13(17)11-9-19-6-5-15(11)12(16)10-20-8-7-18-2/h11H,3-10H2,1-2H3,(H,14,17). The SMILES string of the molecule is CCCNC(=O)C1COCCN1C(=O)COCCOC. The summed E-state index contributed by atoms with van der Waals surface area (Å²) in [7, 11) is 1.57. The number of ether oxygens (including phenoxy) is 3. The van der Waals surface area contributed by atoms with E-state index in [1.807, 2.05) is 6.92 Å². The number of hydrogen-bond donors (Lipinski definition) is 1. The Balaban J connectivity index is 2.46. The van der Waals surface area contributed by atoms with Gasteiger partial charge in [0.2, 0.25) is 11.8 Å². The van der Waals surface area contributed by atoms with Crippen molar-refractivity contribution >= 4 is 11.8 Å². The fourth-order valence-electron chi connectivity index (χ4n) is 1.87. The summed E-state index contributed by atoms with van der Waals surface area (Å²) in [6, 6.07) is -0.561. The molecule has 0 aliphatic carbocycles. The summed E-state index contributed by atoms with van der Waals surface area (Å²) in [5, 5.41) is 2.79. The van der Waals surface area contributed by atoms with E-state index in [0.29, 0.717) is 32.9 Å². The number of nitrogens with zero attached hydrogens (tertiary/aromatic N) is 1. The van der Waals surface area contributed by atoms with E-state index in [1.165, 1.54) is 4.90 Å². The van der Waals surface area contributed by atoms with E-state index in [2.05, 4.69) is 5.32 Å². The van der Waals surface area contributed by atoms with Crippen molar-refractivity contribution in [2.75, 3.05) is 53.2 Å². The van der Waals surface area contributed by atoms with E-state index in [1.54, 1.807) is 7.11 Å². The third kappa shape index (κ3) is 5.44. The largest absolute Gasteiger partial charge is 0.382 e. The van der Waals surface area contributed by atoms with Gasteiger partial charge in [0.15, 0.2) is 0 Å². The maximum atomic E-state index is 12.1. The first kappa shape index (κ1) is 16.9. The zero-order chi connectivity index (χ0) is 14.8. The van der Waals surface area contributed by atoms with E-state index in [9.17, 15) is 9.59 Å². The minimum atomic E-state index is -0.561. The molecule has 0 aromatic heterocycles. The van der Waals surface area contributed by atoms with Gasteiger partial charge >= 0.3 is 0 Å². The Morgan fingerprint density at radius 3 is 2.90 bits per heavy atom. The molecule has 1 saturated heterocycles. The summed E-state index contributed by atoms with van der Waals surface area (Å²) in [5.41, 5.74) is 0. The molecular formula is C13H24N2O5. The van der Waals surface area contributed by atoms with Crippen LogP contribution in [0.4, 0.5) is 0 Å². The number of amides is 2. The average molecular weight is 288 g/mol. The molecule has 0 radical (unpaired) electrons. The van der Waals surface area contributed by atoms with Crippen LogP contribution in [-0.2, 0) is 23.8 Å². The molecule has 7 nitrogen and oxygen atoms in total. The van der Waals surface area contributed by atoms with Crippen molar-refractivity contribution in [1.29, 1.82) is 0 Å². The quantitative estimate of drug-likeness (QED) is 0.604. The van der Waals surface area contributed by atoms with Crippen molar-refractivity contribution in [3.63, 3.8) is 0 Å². The van der Waals surface area contributed by atoms with Gasteiger partial charge in [-0.25, -0.2) is 0 Å². The van der Waals surface area contributed by atoms with Crippen molar-refractivity contribution in [2.45, 2.75) is 19.4 Å². The Morgan fingerprint density at radius 1 is 1.40 bits per heavy atom. The van der Waals surface area contributed by atoms with Crippen LogP contribution < -0.4 is 5.32 Å². The molecule has 0 bridgehead atoms. The number of methoxy groups -OCH3 is 1. The number of rotatable bonds is 8. The second kappa shape index (κ2) is 9.68. The molecule has 1 heterocycles. The van der Waals surface area contributed by atoms with E-state index in [4.69, 9.17) is 14.2 Å². The summed E-state index contributed by atoms with van der Waals surface area (Å²) in [5.74, 6) is -0.363. The fourth-order valence-corrected chi connectivity index (χ4v) is 1.87. The lowest BCUT2D eigenvalue weighted by Gasteiger charge is -2.34. The predicted molar refractivity (Wildman–Crippen MR) is 72.3 cm³/mol. The minimum Gasteiger partial charge on any atom is -0.382 e. The number of nitrogens with one attached hydrogen (secondary N) is 1. The summed E-state index contributed by atoms with van der Waals surface area (Å²) in [6.45, 7) is 4.43. The number of hydrogen-bond acceptors (Lipinski definition) is 5. The molecule has 0 saturated carbocycles. The first-order chi connectivity index (χ1) is 9.70. The molecule has 2 amide bonds. The second-order valence-electron chi connectivity index (χ2n) is 4.51. The van der Waals surface area contributed by atoms with Crippen molar-refractivity contribution in [3.8, 4) is 0 Å². The summed E-state index contributed by atoms with van der Waals surface area (Å²) in [4.78, 5) is 25.6. The van der Waals surface area contributed by atoms with Gasteiger partial charge in [-0.3, -0.25) is 9.59 Å². The highest BCUT2D eigenvalue weighted by atomic mass is 16.5. The maximum absolute atomic E-state index is 12.1. The Bertz CT molecular complexity index is 311. The molecule has 0 spiro atoms. The van der Waals surface area contributed by atoms with Crippen molar-refractivity contribution in [3.05, 3.63) is 0 Å². The van der Waals surface area contributed by atoms with Crippen LogP contribution in [0.5, 0.6) is 0 Å². The molecule has 1 aliphatic heterocycles. The van der Waals surface area contributed by atoms with E-state index >= 15 is 0 Å². The van der Waals surface area contributed by atoms with Gasteiger partial charge < -0.3 is 24.4 Å². The van der Waals surface area contributed by atoms with Crippen LogP contribution in [0.15, 0.2) is 0 Å². The Labute approximate surface area is 119 Å². The first-order valence-electron chi connectivity index (χ1n) is 6.92. The van der Waals surface area contributed by atoms with Crippen LogP contribution in [0.25, 0.3) is 0 Å². The van der Waals surface area contributed by atoms with Crippen molar-refractivity contribution in [2.24, 2.45) is 0 Å². The number of morpholine rings is 1. The van der Waals surface area contributed by atoms with E-state index in [-0.39, 0.29) is 25.0 Å². The molecule has 20 heavy (non-hydrogen) atoms. The lowest BCUT2D eigenvalue weighted by Crippen LogP contribution is -2.56. The topological polar surface area (TPSA) is 77.1 Å². The monoisotopic (exact) mass is 288 g/mol. The van der Waals surface area contributed by atoms with Gasteiger partial charge in [-0.05, 0) is 6.42 Å². The van der Waals surface area contributed by atoms with Crippen LogP contribution >= 0.6 is 0 Å². The van der Waals surface area contributed by atoms with Crippen LogP contribution in [0.1, 0.15) is 13.3 Å². The lowest BCUT2D eigenvalue weighted by atomic mass is 10.2. The molecule has 1 N–H and O–H groups in total. The van der Waals surface area contributed by atoms with E-state index < -0.39 is 6.04 Å². The summed E-state index contributed by atoms with van der Waals surface area (Å²) < 4.78 is 15.3. The molecule has 0 aromatic rings. The summed E-state index contributed by atoms with van der Waals surface area (Å²) in [6.07, 6.45) is 0.855. The third-order valence-electron chi connectivity index (χ3n) is 2.96. The van der Waals surface area contributed by atoms with Crippen LogP contribution in [0, 0.1) is 0 Å². The summed E-state index contributed by atoms with van der Waals surface area (Å²) >= 11 is 0. The van der Waals surface area contributed by atoms with Gasteiger partial charge in [-0.1, -0.05) is 6.92 Å². The van der Waals surface area contributed by atoms with Gasteiger partial charge in [0, 0.05) is 20.2 Å². The zero-order valence-corrected chi connectivity index (χ0v) is 12.2. The maximum Gasteiger partial charge on any atom is 0.249 e. The average Bonchev–Trinajstić information content (AvgIpc) is 2.49. The molecule has 1 aliphatic rings. The smallest absolute Gasteiger partial charge is 0.249 e. The minimum absolute atomic E-state index is 0.0408. The Hall–Kier alpha value is -1.18. The van der Waals surface area contributed by atoms with Crippen LogP contribution in [-0.4, -0.2) is 76.0 Å². The molecule has 1 unspecified atom stereocenters. The molecule has 1 rings (SSSR count). The highest BCUT2D eigenvalue weighted by Gasteiger charge is 2.32. The van der Waals surface area contributed by atoms with Gasteiger partial charge in [-0.15, -0.1) is 0 Å². The van der Waals surface area contributed by atoms with Gasteiger partial charge in [0.25, 0.3) is 0 Å². The number of carbonyl (C=O) groups is 2. The zero-order valence-electron chi connectivity index (χ0n) is 12.2. The van der Waals surface area contributed by atoms with E-state index in [0.717, 1.165) is 6.42 Å². The molecule has 7 heteroatoms. The first-order valence-corrected chi connectivity index (χ1v) is 6.92. The van der Waals surface area contributed by atoms with Crippen molar-refractivity contribution in [1.82, 2.24) is 10.2 Å².